The number of halogens is 4. The van der Waals surface area contributed by atoms with Gasteiger partial charge in [0.2, 0.25) is 0 Å². The molecule has 1 N–H and O–H groups in total. The van der Waals surface area contributed by atoms with Crippen molar-refractivity contribution in [2.75, 3.05) is 6.54 Å². The van der Waals surface area contributed by atoms with E-state index in [1.807, 2.05) is 0 Å². The van der Waals surface area contributed by atoms with Crippen LogP contribution >= 0.6 is 47.2 Å². The zero-order valence-corrected chi connectivity index (χ0v) is 10.3. The second kappa shape index (κ2) is 4.91. The lowest BCUT2D eigenvalue weighted by Gasteiger charge is -2.29. The van der Waals surface area contributed by atoms with Crippen molar-refractivity contribution in [3.63, 3.8) is 0 Å². The Morgan fingerprint density at radius 2 is 1.71 bits per heavy atom. The molecular formula is C9H9Cl4N. The molecule has 0 radical (unpaired) electrons. The molecular weight excluding hydrogens is 264 g/mol. The first kappa shape index (κ1) is 12.4. The Balaban J connectivity index is 0.000000980. The highest BCUT2D eigenvalue weighted by Gasteiger charge is 2.24. The molecule has 1 saturated heterocycles. The van der Waals surface area contributed by atoms with E-state index in [9.17, 15) is 0 Å². The fourth-order valence-electron chi connectivity index (χ4n) is 1.40. The van der Waals surface area contributed by atoms with Crippen LogP contribution in [0.4, 0.5) is 0 Å². The van der Waals surface area contributed by atoms with Crippen LogP contribution in [0, 0.1) is 0 Å². The Kier molecular flexibility index (Phi) is 4.35. The normalized spacial score (nSPS) is 19.8. The summed E-state index contributed by atoms with van der Waals surface area (Å²) in [6.45, 7) is 1.02. The van der Waals surface area contributed by atoms with Crippen molar-refractivity contribution in [3.8, 4) is 0 Å². The highest BCUT2D eigenvalue weighted by Crippen LogP contribution is 2.38. The van der Waals surface area contributed by atoms with E-state index >= 15 is 0 Å². The lowest BCUT2D eigenvalue weighted by molar-refractivity contribution is 0.383. The first-order chi connectivity index (χ1) is 6.20. The van der Waals surface area contributed by atoms with Crippen molar-refractivity contribution in [1.82, 2.24) is 5.32 Å². The van der Waals surface area contributed by atoms with Crippen LogP contribution in [0.3, 0.4) is 0 Å². The maximum absolute atomic E-state index is 6.05. The van der Waals surface area contributed by atoms with Gasteiger partial charge in [-0.1, -0.05) is 34.8 Å². The third-order valence-electron chi connectivity index (χ3n) is 2.25. The Morgan fingerprint density at radius 1 is 1.14 bits per heavy atom. The zero-order valence-electron chi connectivity index (χ0n) is 7.19. The fourth-order valence-corrected chi connectivity index (χ4v) is 2.20. The predicted octanol–water partition coefficient (Wildman–Crippen LogP) is 4.10. The molecule has 0 aliphatic carbocycles. The van der Waals surface area contributed by atoms with Gasteiger partial charge in [0.15, 0.2) is 0 Å². The zero-order chi connectivity index (χ0) is 9.42. The van der Waals surface area contributed by atoms with E-state index in [4.69, 9.17) is 34.8 Å². The number of hydrogen-bond donors (Lipinski definition) is 1. The van der Waals surface area contributed by atoms with Crippen LogP contribution in [-0.2, 0) is 0 Å². The van der Waals surface area contributed by atoms with Crippen molar-refractivity contribution in [1.29, 1.82) is 0 Å². The second-order valence-corrected chi connectivity index (χ2v) is 4.24. The van der Waals surface area contributed by atoms with E-state index in [1.54, 1.807) is 12.1 Å². The van der Waals surface area contributed by atoms with E-state index in [0.29, 0.717) is 15.1 Å². The van der Waals surface area contributed by atoms with Crippen molar-refractivity contribution < 1.29 is 0 Å². The summed E-state index contributed by atoms with van der Waals surface area (Å²) in [5.74, 6) is 0. The average molecular weight is 273 g/mol. The molecule has 0 saturated carbocycles. The molecule has 0 spiro atoms. The molecule has 0 unspecified atom stereocenters. The van der Waals surface area contributed by atoms with Crippen molar-refractivity contribution in [2.45, 2.75) is 12.5 Å². The summed E-state index contributed by atoms with van der Waals surface area (Å²) in [7, 11) is 0. The molecule has 1 atom stereocenters. The second-order valence-electron chi connectivity index (χ2n) is 3.05. The van der Waals surface area contributed by atoms with Crippen LogP contribution in [-0.4, -0.2) is 6.54 Å². The van der Waals surface area contributed by atoms with Gasteiger partial charge < -0.3 is 5.32 Å². The number of benzene rings is 1. The van der Waals surface area contributed by atoms with Gasteiger partial charge in [-0.25, -0.2) is 0 Å². The third-order valence-corrected chi connectivity index (χ3v) is 3.40. The SMILES string of the molecule is Cl.Clc1ccc(Cl)c([C@@H]2CCN2)c1Cl. The van der Waals surface area contributed by atoms with Crippen LogP contribution in [0.5, 0.6) is 0 Å². The van der Waals surface area contributed by atoms with E-state index < -0.39 is 0 Å². The van der Waals surface area contributed by atoms with E-state index in [0.717, 1.165) is 18.5 Å². The molecule has 1 nitrogen and oxygen atoms in total. The standard InChI is InChI=1S/C9H8Cl3N.ClH/c10-5-1-2-6(11)9(12)8(5)7-3-4-13-7;/h1-2,7,13H,3-4H2;1H/t7-;/m0./s1. The molecule has 1 aromatic rings. The molecule has 0 amide bonds. The molecule has 1 heterocycles. The Bertz CT molecular complexity index is 336. The highest BCUT2D eigenvalue weighted by molar-refractivity contribution is 6.44. The van der Waals surface area contributed by atoms with Crippen LogP contribution in [0.1, 0.15) is 18.0 Å². The Morgan fingerprint density at radius 3 is 2.21 bits per heavy atom. The largest absolute Gasteiger partial charge is 0.310 e. The summed E-state index contributed by atoms with van der Waals surface area (Å²) < 4.78 is 0. The lowest BCUT2D eigenvalue weighted by atomic mass is 9.98. The molecule has 0 aromatic heterocycles. The highest BCUT2D eigenvalue weighted by atomic mass is 35.5. The number of nitrogens with one attached hydrogen (secondary N) is 1. The van der Waals surface area contributed by atoms with Gasteiger partial charge in [-0.15, -0.1) is 12.4 Å². The van der Waals surface area contributed by atoms with Gasteiger partial charge in [0.1, 0.15) is 0 Å². The maximum atomic E-state index is 6.05. The third kappa shape index (κ3) is 2.12. The minimum absolute atomic E-state index is 0. The summed E-state index contributed by atoms with van der Waals surface area (Å²) >= 11 is 18.0. The topological polar surface area (TPSA) is 12.0 Å². The molecule has 1 aliphatic rings. The summed E-state index contributed by atoms with van der Waals surface area (Å²) in [5.41, 5.74) is 0.932. The fraction of sp³-hybridized carbons (Fsp3) is 0.333. The van der Waals surface area contributed by atoms with Gasteiger partial charge in [0.05, 0.1) is 10.0 Å². The lowest BCUT2D eigenvalue weighted by Crippen LogP contribution is -2.35. The molecule has 1 fully saturated rings. The molecule has 1 aromatic carbocycles. The van der Waals surface area contributed by atoms with Crippen molar-refractivity contribution >= 4 is 47.2 Å². The minimum Gasteiger partial charge on any atom is -0.310 e. The van der Waals surface area contributed by atoms with E-state index in [2.05, 4.69) is 5.32 Å². The average Bonchev–Trinajstić information content (AvgIpc) is 2.02. The van der Waals surface area contributed by atoms with Gasteiger partial charge in [-0.2, -0.15) is 0 Å². The first-order valence-electron chi connectivity index (χ1n) is 4.07. The maximum Gasteiger partial charge on any atom is 0.0655 e. The van der Waals surface area contributed by atoms with E-state index in [1.165, 1.54) is 0 Å². The molecule has 2 rings (SSSR count). The van der Waals surface area contributed by atoms with Crippen LogP contribution in [0.2, 0.25) is 15.1 Å². The predicted molar refractivity (Wildman–Crippen MR) is 64.1 cm³/mol. The molecule has 78 valence electrons. The van der Waals surface area contributed by atoms with Crippen molar-refractivity contribution in [2.24, 2.45) is 0 Å². The van der Waals surface area contributed by atoms with Gasteiger partial charge in [0, 0.05) is 16.6 Å². The summed E-state index contributed by atoms with van der Waals surface area (Å²) in [6.07, 6.45) is 1.07. The van der Waals surface area contributed by atoms with E-state index in [-0.39, 0.29) is 18.4 Å². The smallest absolute Gasteiger partial charge is 0.0655 e. The molecule has 0 bridgehead atoms. The van der Waals surface area contributed by atoms with Gasteiger partial charge in [0.25, 0.3) is 0 Å². The van der Waals surface area contributed by atoms with Gasteiger partial charge in [-0.05, 0) is 25.1 Å². The molecule has 14 heavy (non-hydrogen) atoms. The summed E-state index contributed by atoms with van der Waals surface area (Å²) in [4.78, 5) is 0. The Hall–Kier alpha value is 0.340. The first-order valence-corrected chi connectivity index (χ1v) is 5.20. The molecule has 1 aliphatic heterocycles. The number of hydrogen-bond acceptors (Lipinski definition) is 1. The summed E-state index contributed by atoms with van der Waals surface area (Å²) in [6, 6.07) is 3.78. The van der Waals surface area contributed by atoms with Crippen LogP contribution < -0.4 is 5.32 Å². The van der Waals surface area contributed by atoms with Crippen LogP contribution in [0.15, 0.2) is 12.1 Å². The molecule has 5 heteroatoms. The monoisotopic (exact) mass is 271 g/mol. The van der Waals surface area contributed by atoms with Crippen molar-refractivity contribution in [3.05, 3.63) is 32.8 Å². The quantitative estimate of drug-likeness (QED) is 0.759. The van der Waals surface area contributed by atoms with Crippen LogP contribution in [0.25, 0.3) is 0 Å². The summed E-state index contributed by atoms with van der Waals surface area (Å²) in [5, 5.41) is 5.07. The van der Waals surface area contributed by atoms with Gasteiger partial charge in [-0.3, -0.25) is 0 Å². The number of rotatable bonds is 1. The van der Waals surface area contributed by atoms with Gasteiger partial charge >= 0.3 is 0 Å². The Labute approximate surface area is 104 Å². The minimum atomic E-state index is 0.